The maximum absolute atomic E-state index is 5.99. The highest BCUT2D eigenvalue weighted by Gasteiger charge is 2.22. The van der Waals surface area contributed by atoms with E-state index in [1.54, 1.807) is 11.3 Å². The van der Waals surface area contributed by atoms with Gasteiger partial charge in [0.05, 0.1) is 4.88 Å². The van der Waals surface area contributed by atoms with Crippen molar-refractivity contribution >= 4 is 28.8 Å². The third kappa shape index (κ3) is 3.51. The highest BCUT2D eigenvalue weighted by Crippen LogP contribution is 2.32. The van der Waals surface area contributed by atoms with Crippen LogP contribution in [0, 0.1) is 0 Å². The molecular formula is C18H18ClN5S. The minimum Gasteiger partial charge on any atom is -0.352 e. The van der Waals surface area contributed by atoms with Crippen LogP contribution in [0.15, 0.2) is 41.8 Å². The molecule has 0 atom stereocenters. The van der Waals surface area contributed by atoms with Crippen molar-refractivity contribution in [2.24, 2.45) is 0 Å². The van der Waals surface area contributed by atoms with Gasteiger partial charge in [0, 0.05) is 36.8 Å². The van der Waals surface area contributed by atoms with E-state index in [1.165, 1.54) is 0 Å². The molecule has 0 radical (unpaired) electrons. The molecule has 0 amide bonds. The fourth-order valence-corrected chi connectivity index (χ4v) is 3.68. The molecule has 1 aromatic carbocycles. The first-order valence-electron chi connectivity index (χ1n) is 8.19. The Hall–Kier alpha value is -2.02. The number of hydrogen-bond donors (Lipinski definition) is 0. The molecule has 128 valence electrons. The van der Waals surface area contributed by atoms with Gasteiger partial charge in [-0.05, 0) is 42.8 Å². The van der Waals surface area contributed by atoms with Crippen LogP contribution in [0.1, 0.15) is 0 Å². The summed E-state index contributed by atoms with van der Waals surface area (Å²) >= 11 is 7.65. The van der Waals surface area contributed by atoms with Gasteiger partial charge in [-0.25, -0.2) is 4.98 Å². The first kappa shape index (κ1) is 16.4. The van der Waals surface area contributed by atoms with Gasteiger partial charge in [0.15, 0.2) is 11.6 Å². The molecule has 0 N–H and O–H groups in total. The van der Waals surface area contributed by atoms with Crippen LogP contribution < -0.4 is 4.90 Å². The van der Waals surface area contributed by atoms with Gasteiger partial charge in [-0.3, -0.25) is 0 Å². The molecule has 25 heavy (non-hydrogen) atoms. The number of anilines is 1. The lowest BCUT2D eigenvalue weighted by Gasteiger charge is -2.33. The molecule has 5 nitrogen and oxygen atoms in total. The number of rotatable bonds is 3. The molecule has 4 rings (SSSR count). The molecule has 1 fully saturated rings. The monoisotopic (exact) mass is 371 g/mol. The molecule has 3 heterocycles. The molecule has 3 aromatic rings. The summed E-state index contributed by atoms with van der Waals surface area (Å²) in [6, 6.07) is 11.7. The van der Waals surface area contributed by atoms with Crippen molar-refractivity contribution in [2.45, 2.75) is 0 Å². The van der Waals surface area contributed by atoms with Crippen molar-refractivity contribution in [2.75, 3.05) is 38.1 Å². The second-order valence-corrected chi connectivity index (χ2v) is 7.47. The van der Waals surface area contributed by atoms with Crippen molar-refractivity contribution in [3.05, 3.63) is 46.8 Å². The second kappa shape index (κ2) is 7.07. The number of piperazine rings is 1. The highest BCUT2D eigenvalue weighted by molar-refractivity contribution is 7.13. The SMILES string of the molecule is CN1CCN(c2nc(-c3ccc(Cl)cc3)nnc2-c2cccs2)CC1. The summed E-state index contributed by atoms with van der Waals surface area (Å²) in [7, 11) is 2.15. The Bertz CT molecular complexity index is 842. The van der Waals surface area contributed by atoms with Crippen LogP contribution >= 0.6 is 22.9 Å². The fourth-order valence-electron chi connectivity index (χ4n) is 2.85. The topological polar surface area (TPSA) is 45.2 Å². The van der Waals surface area contributed by atoms with E-state index < -0.39 is 0 Å². The Balaban J connectivity index is 1.76. The van der Waals surface area contributed by atoms with Crippen molar-refractivity contribution in [3.8, 4) is 22.0 Å². The zero-order valence-electron chi connectivity index (χ0n) is 13.9. The summed E-state index contributed by atoms with van der Waals surface area (Å²) < 4.78 is 0. The van der Waals surface area contributed by atoms with Crippen LogP contribution in [0.2, 0.25) is 5.02 Å². The van der Waals surface area contributed by atoms with Gasteiger partial charge in [0.2, 0.25) is 0 Å². The first-order chi connectivity index (χ1) is 12.2. The lowest BCUT2D eigenvalue weighted by molar-refractivity contribution is 0.312. The first-order valence-corrected chi connectivity index (χ1v) is 9.44. The average Bonchev–Trinajstić information content (AvgIpc) is 3.17. The molecule has 0 unspecified atom stereocenters. The maximum atomic E-state index is 5.99. The predicted molar refractivity (Wildman–Crippen MR) is 103 cm³/mol. The van der Waals surface area contributed by atoms with Crippen LogP contribution in [-0.2, 0) is 0 Å². The Morgan fingerprint density at radius 1 is 1.00 bits per heavy atom. The summed E-state index contributed by atoms with van der Waals surface area (Å²) in [5.74, 6) is 1.54. The van der Waals surface area contributed by atoms with Crippen molar-refractivity contribution in [1.82, 2.24) is 20.1 Å². The second-order valence-electron chi connectivity index (χ2n) is 6.08. The van der Waals surface area contributed by atoms with Crippen LogP contribution in [0.5, 0.6) is 0 Å². The van der Waals surface area contributed by atoms with Crippen molar-refractivity contribution < 1.29 is 0 Å². The Morgan fingerprint density at radius 2 is 1.76 bits per heavy atom. The predicted octanol–water partition coefficient (Wildman–Crippen LogP) is 3.67. The normalized spacial score (nSPS) is 15.5. The molecule has 0 bridgehead atoms. The van der Waals surface area contributed by atoms with Gasteiger partial charge < -0.3 is 9.80 Å². The molecule has 0 spiro atoms. The average molecular weight is 372 g/mol. The number of benzene rings is 1. The van der Waals surface area contributed by atoms with Gasteiger partial charge in [-0.1, -0.05) is 17.7 Å². The van der Waals surface area contributed by atoms with E-state index >= 15 is 0 Å². The standard InChI is InChI=1S/C18H18ClN5S/c1-23-8-10-24(11-9-23)18-16(15-3-2-12-25-15)21-22-17(20-18)13-4-6-14(19)7-5-13/h2-7,12H,8-11H2,1H3. The van der Waals surface area contributed by atoms with E-state index in [0.717, 1.165) is 48.1 Å². The smallest absolute Gasteiger partial charge is 0.183 e. The summed E-state index contributed by atoms with van der Waals surface area (Å²) in [5.41, 5.74) is 1.78. The Morgan fingerprint density at radius 3 is 2.44 bits per heavy atom. The summed E-state index contributed by atoms with van der Waals surface area (Å²) in [6.07, 6.45) is 0. The number of halogens is 1. The summed E-state index contributed by atoms with van der Waals surface area (Å²) in [6.45, 7) is 3.91. The van der Waals surface area contributed by atoms with Crippen LogP contribution in [0.3, 0.4) is 0 Å². The largest absolute Gasteiger partial charge is 0.352 e. The lowest BCUT2D eigenvalue weighted by atomic mass is 10.2. The van der Waals surface area contributed by atoms with Gasteiger partial charge in [0.25, 0.3) is 0 Å². The van der Waals surface area contributed by atoms with Gasteiger partial charge in [-0.2, -0.15) is 0 Å². The summed E-state index contributed by atoms with van der Waals surface area (Å²) in [4.78, 5) is 10.6. The van der Waals surface area contributed by atoms with E-state index in [0.29, 0.717) is 10.8 Å². The van der Waals surface area contributed by atoms with E-state index in [1.807, 2.05) is 30.3 Å². The van der Waals surface area contributed by atoms with Crippen molar-refractivity contribution in [3.63, 3.8) is 0 Å². The highest BCUT2D eigenvalue weighted by atomic mass is 35.5. The van der Waals surface area contributed by atoms with Gasteiger partial charge in [-0.15, -0.1) is 21.5 Å². The van der Waals surface area contributed by atoms with E-state index in [2.05, 4.69) is 38.5 Å². The van der Waals surface area contributed by atoms with Crippen LogP contribution in [0.4, 0.5) is 5.82 Å². The molecule has 0 aliphatic carbocycles. The number of likely N-dealkylation sites (N-methyl/N-ethyl adjacent to an activating group) is 1. The van der Waals surface area contributed by atoms with E-state index in [-0.39, 0.29) is 0 Å². The molecule has 1 aliphatic rings. The quantitative estimate of drug-likeness (QED) is 0.702. The maximum Gasteiger partial charge on any atom is 0.183 e. The van der Waals surface area contributed by atoms with Gasteiger partial charge in [0.1, 0.15) is 5.69 Å². The Kier molecular flexibility index (Phi) is 4.65. The molecular weight excluding hydrogens is 354 g/mol. The lowest BCUT2D eigenvalue weighted by Crippen LogP contribution is -2.45. The Labute approximate surface area is 155 Å². The third-order valence-electron chi connectivity index (χ3n) is 4.33. The minimum absolute atomic E-state index is 0.630. The number of nitrogens with zero attached hydrogens (tertiary/aromatic N) is 5. The third-order valence-corrected chi connectivity index (χ3v) is 5.46. The van der Waals surface area contributed by atoms with Crippen molar-refractivity contribution in [1.29, 1.82) is 0 Å². The molecule has 1 aliphatic heterocycles. The van der Waals surface area contributed by atoms with E-state index in [4.69, 9.17) is 16.6 Å². The summed E-state index contributed by atoms with van der Waals surface area (Å²) in [5, 5.41) is 11.6. The molecule has 1 saturated heterocycles. The van der Waals surface area contributed by atoms with E-state index in [9.17, 15) is 0 Å². The zero-order chi connectivity index (χ0) is 17.2. The number of hydrogen-bond acceptors (Lipinski definition) is 6. The molecule has 2 aromatic heterocycles. The van der Waals surface area contributed by atoms with Gasteiger partial charge >= 0.3 is 0 Å². The molecule has 7 heteroatoms. The minimum atomic E-state index is 0.630. The van der Waals surface area contributed by atoms with Crippen LogP contribution in [0.25, 0.3) is 22.0 Å². The molecule has 0 saturated carbocycles. The zero-order valence-corrected chi connectivity index (χ0v) is 15.5. The number of thiophene rings is 1. The van der Waals surface area contributed by atoms with Crippen LogP contribution in [-0.4, -0.2) is 53.3 Å². The fraction of sp³-hybridized carbons (Fsp3) is 0.278. The number of aromatic nitrogens is 3.